The number of H-pyrrole nitrogens is 1. The lowest BCUT2D eigenvalue weighted by molar-refractivity contribution is -0.131. The van der Waals surface area contributed by atoms with E-state index in [4.69, 9.17) is 0 Å². The van der Waals surface area contributed by atoms with Gasteiger partial charge in [0.1, 0.15) is 6.04 Å². The molecule has 1 saturated heterocycles. The number of benzene rings is 2. The van der Waals surface area contributed by atoms with Crippen LogP contribution < -0.4 is 16.0 Å². The molecule has 3 aromatic rings. The summed E-state index contributed by atoms with van der Waals surface area (Å²) in [5.74, 6) is 0.603. The number of aryl methyl sites for hydroxylation is 2. The summed E-state index contributed by atoms with van der Waals surface area (Å²) in [6.07, 6.45) is 8.41. The highest BCUT2D eigenvalue weighted by Gasteiger charge is 2.55. The van der Waals surface area contributed by atoms with Crippen LogP contribution in [-0.2, 0) is 23.1 Å². The summed E-state index contributed by atoms with van der Waals surface area (Å²) in [4.78, 5) is 41.1. The Morgan fingerprint density at radius 1 is 0.957 bits per heavy atom. The van der Waals surface area contributed by atoms with Crippen LogP contribution in [0, 0.1) is 17.2 Å². The van der Waals surface area contributed by atoms with Gasteiger partial charge in [0, 0.05) is 36.8 Å². The lowest BCUT2D eigenvalue weighted by Crippen LogP contribution is -2.55. The first-order valence-electron chi connectivity index (χ1n) is 16.7. The van der Waals surface area contributed by atoms with Gasteiger partial charge < -0.3 is 20.9 Å². The Morgan fingerprint density at radius 2 is 1.60 bits per heavy atom. The highest BCUT2D eigenvalue weighted by molar-refractivity contribution is 5.95. The van der Waals surface area contributed by atoms with Crippen molar-refractivity contribution in [3.8, 4) is 6.07 Å². The molecular formula is C35H41N9O3. The van der Waals surface area contributed by atoms with E-state index in [0.717, 1.165) is 67.2 Å². The van der Waals surface area contributed by atoms with Crippen molar-refractivity contribution in [3.05, 3.63) is 75.6 Å². The number of tetrazole rings is 1. The molecule has 0 bridgehead atoms. The van der Waals surface area contributed by atoms with Gasteiger partial charge in [0.15, 0.2) is 5.82 Å². The van der Waals surface area contributed by atoms with Crippen molar-refractivity contribution >= 4 is 17.7 Å². The maximum atomic E-state index is 13.7. The van der Waals surface area contributed by atoms with E-state index in [1.54, 1.807) is 14.1 Å². The summed E-state index contributed by atoms with van der Waals surface area (Å²) in [7, 11) is 3.25. The van der Waals surface area contributed by atoms with Gasteiger partial charge in [-0.05, 0) is 97.4 Å². The van der Waals surface area contributed by atoms with E-state index < -0.39 is 11.0 Å². The van der Waals surface area contributed by atoms with Crippen molar-refractivity contribution < 1.29 is 14.4 Å². The van der Waals surface area contributed by atoms with E-state index in [0.29, 0.717) is 42.1 Å². The number of hydrogen-bond acceptors (Lipinski definition) is 8. The number of nitrogens with one attached hydrogen (secondary N) is 4. The first kappa shape index (κ1) is 31.0. The van der Waals surface area contributed by atoms with Gasteiger partial charge >= 0.3 is 0 Å². The topological polar surface area (TPSA) is 169 Å². The minimum absolute atomic E-state index is 0.0211. The molecule has 1 aromatic heterocycles. The second-order valence-electron chi connectivity index (χ2n) is 13.7. The molecule has 2 heterocycles. The fourth-order valence-corrected chi connectivity index (χ4v) is 8.71. The van der Waals surface area contributed by atoms with Crippen LogP contribution in [0.2, 0.25) is 0 Å². The van der Waals surface area contributed by atoms with Gasteiger partial charge in [0.2, 0.25) is 5.91 Å². The Labute approximate surface area is 274 Å². The minimum atomic E-state index is -0.908. The molecule has 12 heteroatoms. The highest BCUT2D eigenvalue weighted by Crippen LogP contribution is 2.51. The molecule has 3 aliphatic carbocycles. The van der Waals surface area contributed by atoms with Gasteiger partial charge in [-0.2, -0.15) is 10.5 Å². The third-order valence-corrected chi connectivity index (χ3v) is 11.1. The Bertz CT molecular complexity index is 1670. The van der Waals surface area contributed by atoms with Gasteiger partial charge in [-0.25, -0.2) is 0 Å². The standard InChI is InChI=1S/C35H41N9O3/c1-37-31(46)23-8-10-27-21(14-23)6-7-22-15-24(32(47)38-2)9-11-28(22)35(27,33-40-42-43-41-33)20-34(12-4-3-5-13-34)39-19-30(45)44-26(18-36)16-25-17-29(25)44/h8-11,14-15,25-26,29,39H,3-7,12-13,16-17,19-20H2,1-2H3,(H,37,46)(H,38,47)(H,40,41,42,43)/t25-,26+,29+/m1/s1. The molecule has 47 heavy (non-hydrogen) atoms. The normalized spacial score (nSPS) is 23.3. The first-order valence-corrected chi connectivity index (χ1v) is 16.7. The second-order valence-corrected chi connectivity index (χ2v) is 13.7. The molecule has 3 amide bonds. The number of fused-ring (bicyclic) bond motifs is 3. The van der Waals surface area contributed by atoms with Gasteiger partial charge in [-0.3, -0.25) is 14.4 Å². The SMILES string of the molecule is CNC(=O)c1ccc2c(c1)CCc1cc(C(=O)NC)ccc1C2(CC1(NCC(=O)N2[C@H](C#N)C[C@@H]3C[C@@H]32)CCCCC1)c1nn[nH]n1. The summed E-state index contributed by atoms with van der Waals surface area (Å²) in [6.45, 7) is 0.147. The van der Waals surface area contributed by atoms with E-state index in [9.17, 15) is 19.6 Å². The molecule has 2 saturated carbocycles. The number of nitrogens with zero attached hydrogens (tertiary/aromatic N) is 5. The van der Waals surface area contributed by atoms with Gasteiger partial charge in [-0.1, -0.05) is 36.6 Å². The highest BCUT2D eigenvalue weighted by atomic mass is 16.2. The molecule has 4 aliphatic rings. The van der Waals surface area contributed by atoms with E-state index >= 15 is 0 Å². The molecule has 1 aliphatic heterocycles. The number of rotatable bonds is 8. The van der Waals surface area contributed by atoms with Crippen LogP contribution >= 0.6 is 0 Å². The van der Waals surface area contributed by atoms with Crippen LogP contribution in [-0.4, -0.2) is 81.5 Å². The number of hydrogen-bond donors (Lipinski definition) is 4. The van der Waals surface area contributed by atoms with Crippen molar-refractivity contribution in [1.29, 1.82) is 5.26 Å². The predicted octanol–water partition coefficient (Wildman–Crippen LogP) is 2.55. The molecule has 244 valence electrons. The Kier molecular flexibility index (Phi) is 8.04. The number of nitriles is 1. The zero-order valence-corrected chi connectivity index (χ0v) is 26.9. The molecular weight excluding hydrogens is 594 g/mol. The minimum Gasteiger partial charge on any atom is -0.355 e. The number of amides is 3. The van der Waals surface area contributed by atoms with Crippen molar-refractivity contribution in [2.24, 2.45) is 5.92 Å². The lowest BCUT2D eigenvalue weighted by Gasteiger charge is -2.46. The molecule has 0 unspecified atom stereocenters. The molecule has 3 fully saturated rings. The third kappa shape index (κ3) is 5.36. The maximum Gasteiger partial charge on any atom is 0.251 e. The monoisotopic (exact) mass is 635 g/mol. The molecule has 12 nitrogen and oxygen atoms in total. The zero-order chi connectivity index (χ0) is 32.8. The molecule has 0 radical (unpaired) electrons. The number of piperidine rings is 1. The van der Waals surface area contributed by atoms with Gasteiger partial charge in [0.05, 0.1) is 18.0 Å². The smallest absolute Gasteiger partial charge is 0.251 e. The quantitative estimate of drug-likeness (QED) is 0.293. The van der Waals surface area contributed by atoms with Crippen LogP contribution in [0.5, 0.6) is 0 Å². The largest absolute Gasteiger partial charge is 0.355 e. The predicted molar refractivity (Wildman–Crippen MR) is 172 cm³/mol. The van der Waals surface area contributed by atoms with E-state index in [1.165, 1.54) is 0 Å². The molecule has 3 atom stereocenters. The summed E-state index contributed by atoms with van der Waals surface area (Å²) < 4.78 is 0. The molecule has 7 rings (SSSR count). The summed E-state index contributed by atoms with van der Waals surface area (Å²) >= 11 is 0. The zero-order valence-electron chi connectivity index (χ0n) is 26.9. The molecule has 4 N–H and O–H groups in total. The number of likely N-dealkylation sites (tertiary alicyclic amines) is 1. The number of aromatic amines is 1. The van der Waals surface area contributed by atoms with Crippen LogP contribution in [0.25, 0.3) is 0 Å². The van der Waals surface area contributed by atoms with Crippen molar-refractivity contribution in [2.75, 3.05) is 20.6 Å². The number of aromatic nitrogens is 4. The number of carbonyl (C=O) groups excluding carboxylic acids is 3. The average Bonchev–Trinajstić information content (AvgIpc) is 3.48. The summed E-state index contributed by atoms with van der Waals surface area (Å²) in [5, 5.41) is 35.0. The van der Waals surface area contributed by atoms with Crippen molar-refractivity contribution in [1.82, 2.24) is 41.5 Å². The van der Waals surface area contributed by atoms with E-state index in [2.05, 4.69) is 42.6 Å². The third-order valence-electron chi connectivity index (χ3n) is 11.1. The fraction of sp³-hybridized carbons (Fsp3) is 0.514. The lowest BCUT2D eigenvalue weighted by atomic mass is 9.62. The second kappa shape index (κ2) is 12.2. The molecule has 2 aromatic carbocycles. The Hall–Kier alpha value is -4.63. The average molecular weight is 636 g/mol. The van der Waals surface area contributed by atoms with Crippen LogP contribution in [0.4, 0.5) is 0 Å². The van der Waals surface area contributed by atoms with Crippen molar-refractivity contribution in [2.45, 2.75) is 87.2 Å². The van der Waals surface area contributed by atoms with E-state index in [1.807, 2.05) is 41.3 Å². The fourth-order valence-electron chi connectivity index (χ4n) is 8.71. The van der Waals surface area contributed by atoms with Crippen LogP contribution in [0.15, 0.2) is 36.4 Å². The first-order chi connectivity index (χ1) is 22.8. The van der Waals surface area contributed by atoms with E-state index in [-0.39, 0.29) is 36.3 Å². The summed E-state index contributed by atoms with van der Waals surface area (Å²) in [6, 6.07) is 13.8. The van der Waals surface area contributed by atoms with Gasteiger partial charge in [-0.15, -0.1) is 10.2 Å². The molecule has 0 spiro atoms. The van der Waals surface area contributed by atoms with Crippen LogP contribution in [0.1, 0.15) is 100 Å². The van der Waals surface area contributed by atoms with Crippen molar-refractivity contribution in [3.63, 3.8) is 0 Å². The van der Waals surface area contributed by atoms with Crippen LogP contribution in [0.3, 0.4) is 0 Å². The summed E-state index contributed by atoms with van der Waals surface area (Å²) in [5.41, 5.74) is 3.75. The van der Waals surface area contributed by atoms with Gasteiger partial charge in [0.25, 0.3) is 11.8 Å². The maximum absolute atomic E-state index is 13.7. The Balaban J connectivity index is 1.36. The Morgan fingerprint density at radius 3 is 2.15 bits per heavy atom. The number of carbonyl (C=O) groups is 3.